The van der Waals surface area contributed by atoms with E-state index in [0.717, 1.165) is 12.0 Å². The zero-order chi connectivity index (χ0) is 20.1. The van der Waals surface area contributed by atoms with Crippen molar-refractivity contribution in [1.82, 2.24) is 14.1 Å². The second kappa shape index (κ2) is 8.53. The highest BCUT2D eigenvalue weighted by Gasteiger charge is 2.28. The summed E-state index contributed by atoms with van der Waals surface area (Å²) in [7, 11) is -1.92. The molecule has 7 nitrogen and oxygen atoms in total. The topological polar surface area (TPSA) is 78.0 Å². The molecule has 3 rings (SSSR count). The Balaban J connectivity index is 1.68. The Hall–Kier alpha value is -2.71. The van der Waals surface area contributed by atoms with Crippen molar-refractivity contribution in [1.29, 1.82) is 0 Å². The minimum atomic E-state index is -3.64. The first kappa shape index (κ1) is 20.0. The van der Waals surface area contributed by atoms with Crippen LogP contribution in [0.5, 0.6) is 0 Å². The van der Waals surface area contributed by atoms with E-state index >= 15 is 0 Å². The first-order valence-electron chi connectivity index (χ1n) is 9.01. The molecule has 1 saturated heterocycles. The molecule has 0 saturated carbocycles. The average Bonchev–Trinajstić information content (AvgIpc) is 2.74. The third-order valence-electron chi connectivity index (χ3n) is 4.77. The van der Waals surface area contributed by atoms with E-state index in [1.807, 2.05) is 30.3 Å². The molecule has 0 aromatic heterocycles. The number of benzene rings is 2. The molecule has 2 amide bonds. The monoisotopic (exact) mass is 401 g/mol. The molecule has 2 aromatic rings. The van der Waals surface area contributed by atoms with Crippen molar-refractivity contribution in [2.24, 2.45) is 0 Å². The molecule has 0 unspecified atom stereocenters. The number of amides is 2. The summed E-state index contributed by atoms with van der Waals surface area (Å²) in [6, 6.07) is 15.7. The van der Waals surface area contributed by atoms with Crippen LogP contribution < -0.4 is 0 Å². The molecule has 8 heteroatoms. The van der Waals surface area contributed by atoms with Crippen LogP contribution in [0.3, 0.4) is 0 Å². The van der Waals surface area contributed by atoms with E-state index < -0.39 is 10.0 Å². The van der Waals surface area contributed by atoms with Crippen LogP contribution in [0.15, 0.2) is 59.5 Å². The second-order valence-corrected chi connectivity index (χ2v) is 8.65. The maximum absolute atomic E-state index is 12.8. The summed E-state index contributed by atoms with van der Waals surface area (Å²) in [6.45, 7) is 1.76. The van der Waals surface area contributed by atoms with E-state index in [2.05, 4.69) is 0 Å². The van der Waals surface area contributed by atoms with Crippen LogP contribution >= 0.6 is 0 Å². The number of rotatable bonds is 6. The number of piperazine rings is 1. The lowest BCUT2D eigenvalue weighted by Gasteiger charge is -2.31. The van der Waals surface area contributed by atoms with Crippen LogP contribution in [0.4, 0.5) is 0 Å². The summed E-state index contributed by atoms with van der Waals surface area (Å²) in [5.41, 5.74) is 1.45. The quantitative estimate of drug-likeness (QED) is 0.686. The lowest BCUT2D eigenvalue weighted by atomic mass is 10.1. The van der Waals surface area contributed by atoms with Crippen LogP contribution in [0.2, 0.25) is 0 Å². The van der Waals surface area contributed by atoms with Gasteiger partial charge in [-0.1, -0.05) is 30.3 Å². The second-order valence-electron chi connectivity index (χ2n) is 6.72. The molecule has 1 fully saturated rings. The number of sulfonamides is 1. The van der Waals surface area contributed by atoms with Crippen molar-refractivity contribution in [2.45, 2.75) is 11.4 Å². The van der Waals surface area contributed by atoms with Gasteiger partial charge in [-0.15, -0.1) is 0 Å². The molecular formula is C20H23N3O4S. The highest BCUT2D eigenvalue weighted by atomic mass is 32.2. The fourth-order valence-electron chi connectivity index (χ4n) is 3.12. The van der Waals surface area contributed by atoms with E-state index in [0.29, 0.717) is 25.2 Å². The van der Waals surface area contributed by atoms with Crippen molar-refractivity contribution in [3.63, 3.8) is 0 Å². The molecule has 1 aliphatic heterocycles. The summed E-state index contributed by atoms with van der Waals surface area (Å²) in [5.74, 6) is -0.174. The first-order chi connectivity index (χ1) is 13.4. The summed E-state index contributed by atoms with van der Waals surface area (Å²) in [5, 5.41) is 0. The van der Waals surface area contributed by atoms with Gasteiger partial charge in [-0.2, -0.15) is 4.31 Å². The average molecular weight is 401 g/mol. The predicted octanol–water partition coefficient (Wildman–Crippen LogP) is 1.42. The van der Waals surface area contributed by atoms with Crippen molar-refractivity contribution in [2.75, 3.05) is 33.2 Å². The summed E-state index contributed by atoms with van der Waals surface area (Å²) < 4.78 is 26.9. The zero-order valence-corrected chi connectivity index (χ0v) is 16.5. The Bertz CT molecular complexity index is 922. The maximum atomic E-state index is 12.8. The Labute approximate surface area is 165 Å². The number of hydrogen-bond acceptors (Lipinski definition) is 4. The van der Waals surface area contributed by atoms with Crippen molar-refractivity contribution < 1.29 is 18.0 Å². The van der Waals surface area contributed by atoms with E-state index in [4.69, 9.17) is 0 Å². The zero-order valence-electron chi connectivity index (χ0n) is 15.7. The molecule has 0 spiro atoms. The van der Waals surface area contributed by atoms with E-state index in [9.17, 15) is 18.0 Å². The fourth-order valence-corrected chi connectivity index (χ4v) is 4.54. The normalized spacial score (nSPS) is 15.2. The standard InChI is InChI=1S/C20H23N3O4S/c1-21(15-17-5-3-2-4-6-17)20(25)18-7-9-19(10-8-18)28(26,27)23-13-11-22(16-24)12-14-23/h2-10,16H,11-15H2,1H3. The van der Waals surface area contributed by atoms with Gasteiger partial charge in [-0.25, -0.2) is 8.42 Å². The van der Waals surface area contributed by atoms with Crippen molar-refractivity contribution in [3.05, 3.63) is 65.7 Å². The van der Waals surface area contributed by atoms with Gasteiger partial charge in [0.15, 0.2) is 0 Å². The summed E-state index contributed by atoms with van der Waals surface area (Å²) in [4.78, 5) is 26.7. The molecule has 1 heterocycles. The van der Waals surface area contributed by atoms with Gasteiger partial charge in [-0.3, -0.25) is 9.59 Å². The van der Waals surface area contributed by atoms with E-state index in [1.54, 1.807) is 29.0 Å². The number of carbonyl (C=O) groups excluding carboxylic acids is 2. The Morgan fingerprint density at radius 2 is 1.61 bits per heavy atom. The Kier molecular flexibility index (Phi) is 6.11. The third kappa shape index (κ3) is 4.40. The Morgan fingerprint density at radius 3 is 2.18 bits per heavy atom. The van der Waals surface area contributed by atoms with E-state index in [-0.39, 0.29) is 23.9 Å². The van der Waals surface area contributed by atoms with Gasteiger partial charge in [0, 0.05) is 45.3 Å². The van der Waals surface area contributed by atoms with Gasteiger partial charge >= 0.3 is 0 Å². The summed E-state index contributed by atoms with van der Waals surface area (Å²) >= 11 is 0. The molecule has 28 heavy (non-hydrogen) atoms. The molecule has 0 N–H and O–H groups in total. The van der Waals surface area contributed by atoms with Gasteiger partial charge in [0.05, 0.1) is 4.90 Å². The first-order valence-corrected chi connectivity index (χ1v) is 10.4. The van der Waals surface area contributed by atoms with Crippen molar-refractivity contribution >= 4 is 22.3 Å². The van der Waals surface area contributed by atoms with Crippen LogP contribution in [0, 0.1) is 0 Å². The van der Waals surface area contributed by atoms with Crippen LogP contribution in [0.25, 0.3) is 0 Å². The SMILES string of the molecule is CN(Cc1ccccc1)C(=O)c1ccc(S(=O)(=O)N2CCN(C=O)CC2)cc1. The van der Waals surface area contributed by atoms with Crippen LogP contribution in [-0.4, -0.2) is 68.1 Å². The molecular weight excluding hydrogens is 378 g/mol. The number of hydrogen-bond donors (Lipinski definition) is 0. The largest absolute Gasteiger partial charge is 0.343 e. The minimum absolute atomic E-state index is 0.148. The third-order valence-corrected chi connectivity index (χ3v) is 6.68. The molecule has 0 bridgehead atoms. The smallest absolute Gasteiger partial charge is 0.253 e. The highest BCUT2D eigenvalue weighted by molar-refractivity contribution is 7.89. The minimum Gasteiger partial charge on any atom is -0.343 e. The maximum Gasteiger partial charge on any atom is 0.253 e. The molecule has 0 aliphatic carbocycles. The van der Waals surface area contributed by atoms with Gasteiger partial charge < -0.3 is 9.80 Å². The van der Waals surface area contributed by atoms with Gasteiger partial charge in [0.25, 0.3) is 5.91 Å². The molecule has 0 radical (unpaired) electrons. The Morgan fingerprint density at radius 1 is 1.00 bits per heavy atom. The lowest BCUT2D eigenvalue weighted by Crippen LogP contribution is -2.47. The fraction of sp³-hybridized carbons (Fsp3) is 0.300. The van der Waals surface area contributed by atoms with Gasteiger partial charge in [-0.05, 0) is 29.8 Å². The van der Waals surface area contributed by atoms with E-state index in [1.165, 1.54) is 16.4 Å². The van der Waals surface area contributed by atoms with Crippen LogP contribution in [-0.2, 0) is 21.4 Å². The molecule has 1 aliphatic rings. The number of nitrogens with zero attached hydrogens (tertiary/aromatic N) is 3. The highest BCUT2D eigenvalue weighted by Crippen LogP contribution is 2.19. The van der Waals surface area contributed by atoms with Gasteiger partial charge in [0.2, 0.25) is 16.4 Å². The molecule has 2 aromatic carbocycles. The van der Waals surface area contributed by atoms with Gasteiger partial charge in [0.1, 0.15) is 0 Å². The summed E-state index contributed by atoms with van der Waals surface area (Å²) in [6.07, 6.45) is 0.732. The predicted molar refractivity (Wildman–Crippen MR) is 105 cm³/mol. The van der Waals surface area contributed by atoms with Crippen molar-refractivity contribution in [3.8, 4) is 0 Å². The molecule has 148 valence electrons. The molecule has 0 atom stereocenters. The lowest BCUT2D eigenvalue weighted by molar-refractivity contribution is -0.119. The van der Waals surface area contributed by atoms with Crippen LogP contribution in [0.1, 0.15) is 15.9 Å². The number of carbonyl (C=O) groups is 2.